The molecule has 3 nitrogen and oxygen atoms in total. The molecule has 0 bridgehead atoms. The van der Waals surface area contributed by atoms with Crippen LogP contribution in [0.1, 0.15) is 18.4 Å². The Bertz CT molecular complexity index is 443. The molecule has 18 heavy (non-hydrogen) atoms. The molecule has 0 radical (unpaired) electrons. The van der Waals surface area contributed by atoms with E-state index in [0.717, 1.165) is 18.4 Å². The summed E-state index contributed by atoms with van der Waals surface area (Å²) in [4.78, 5) is 13.8. The van der Waals surface area contributed by atoms with Crippen LogP contribution in [-0.2, 0) is 11.2 Å². The lowest BCUT2D eigenvalue weighted by molar-refractivity contribution is -0.135. The Hall–Kier alpha value is -1.42. The molecule has 0 unspecified atom stereocenters. The molecular formula is C14H19FN2O. The Kier molecular flexibility index (Phi) is 3.66. The van der Waals surface area contributed by atoms with Crippen LogP contribution in [0.5, 0.6) is 0 Å². The van der Waals surface area contributed by atoms with Gasteiger partial charge in [-0.1, -0.05) is 12.1 Å². The summed E-state index contributed by atoms with van der Waals surface area (Å²) in [6.45, 7) is 1.03. The van der Waals surface area contributed by atoms with Gasteiger partial charge in [0.05, 0.1) is 5.41 Å². The second-order valence-corrected chi connectivity index (χ2v) is 5.09. The van der Waals surface area contributed by atoms with Crippen LogP contribution >= 0.6 is 0 Å². The fourth-order valence-corrected chi connectivity index (χ4v) is 2.15. The average Bonchev–Trinajstić information content (AvgIpc) is 3.16. The van der Waals surface area contributed by atoms with Crippen molar-refractivity contribution in [2.45, 2.75) is 19.3 Å². The molecule has 1 amide bonds. The fourth-order valence-electron chi connectivity index (χ4n) is 2.15. The van der Waals surface area contributed by atoms with Crippen molar-refractivity contribution in [2.24, 2.45) is 11.1 Å². The number of hydrogen-bond acceptors (Lipinski definition) is 2. The molecule has 1 aliphatic rings. The maximum absolute atomic E-state index is 13.0. The Morgan fingerprint density at radius 1 is 1.50 bits per heavy atom. The van der Waals surface area contributed by atoms with E-state index in [9.17, 15) is 9.18 Å². The van der Waals surface area contributed by atoms with Gasteiger partial charge in [-0.3, -0.25) is 4.79 Å². The highest BCUT2D eigenvalue weighted by Gasteiger charge is 2.49. The molecule has 0 saturated heterocycles. The Labute approximate surface area is 107 Å². The molecule has 2 rings (SSSR count). The summed E-state index contributed by atoms with van der Waals surface area (Å²) in [5.41, 5.74) is 6.25. The lowest BCUT2D eigenvalue weighted by Gasteiger charge is -2.22. The van der Waals surface area contributed by atoms with Crippen molar-refractivity contribution in [3.05, 3.63) is 35.6 Å². The lowest BCUT2D eigenvalue weighted by atomic mass is 10.1. The third-order valence-corrected chi connectivity index (χ3v) is 3.67. The summed E-state index contributed by atoms with van der Waals surface area (Å²) in [6.07, 6.45) is 2.46. The summed E-state index contributed by atoms with van der Waals surface area (Å²) in [5, 5.41) is 0. The van der Waals surface area contributed by atoms with Crippen molar-refractivity contribution in [1.82, 2.24) is 4.90 Å². The smallest absolute Gasteiger partial charge is 0.229 e. The molecule has 1 fully saturated rings. The van der Waals surface area contributed by atoms with E-state index in [1.54, 1.807) is 18.0 Å². The zero-order valence-corrected chi connectivity index (χ0v) is 10.7. The van der Waals surface area contributed by atoms with Gasteiger partial charge in [0.15, 0.2) is 0 Å². The van der Waals surface area contributed by atoms with Crippen molar-refractivity contribution in [3.8, 4) is 0 Å². The molecule has 0 aromatic heterocycles. The van der Waals surface area contributed by atoms with Crippen LogP contribution in [-0.4, -0.2) is 30.9 Å². The number of likely N-dealkylation sites (N-methyl/N-ethyl adjacent to an activating group) is 1. The third kappa shape index (κ3) is 2.70. The van der Waals surface area contributed by atoms with Crippen LogP contribution in [0.25, 0.3) is 0 Å². The predicted octanol–water partition coefficient (Wildman–Crippen LogP) is 1.57. The second kappa shape index (κ2) is 5.06. The summed E-state index contributed by atoms with van der Waals surface area (Å²) >= 11 is 0. The quantitative estimate of drug-likeness (QED) is 0.862. The highest BCUT2D eigenvalue weighted by atomic mass is 19.1. The minimum absolute atomic E-state index is 0.126. The lowest BCUT2D eigenvalue weighted by Crippen LogP contribution is -2.39. The zero-order valence-electron chi connectivity index (χ0n) is 10.7. The van der Waals surface area contributed by atoms with Crippen LogP contribution in [0, 0.1) is 11.2 Å². The molecule has 4 heteroatoms. The number of rotatable bonds is 5. The maximum Gasteiger partial charge on any atom is 0.229 e. The molecule has 1 saturated carbocycles. The first kappa shape index (κ1) is 13.0. The van der Waals surface area contributed by atoms with Crippen LogP contribution < -0.4 is 5.73 Å². The van der Waals surface area contributed by atoms with E-state index in [0.29, 0.717) is 19.5 Å². The van der Waals surface area contributed by atoms with Gasteiger partial charge < -0.3 is 10.6 Å². The SMILES string of the molecule is CN(CCc1cccc(F)c1)C(=O)C1(CN)CC1. The molecule has 2 N–H and O–H groups in total. The molecule has 1 aliphatic carbocycles. The highest BCUT2D eigenvalue weighted by molar-refractivity contribution is 5.85. The number of halogens is 1. The van der Waals surface area contributed by atoms with E-state index in [1.165, 1.54) is 12.1 Å². The first-order valence-electron chi connectivity index (χ1n) is 6.27. The van der Waals surface area contributed by atoms with Gasteiger partial charge in [-0.15, -0.1) is 0 Å². The molecule has 98 valence electrons. The minimum atomic E-state index is -0.295. The fraction of sp³-hybridized carbons (Fsp3) is 0.500. The van der Waals surface area contributed by atoms with Gasteiger partial charge in [0.1, 0.15) is 5.82 Å². The Morgan fingerprint density at radius 3 is 2.78 bits per heavy atom. The summed E-state index contributed by atoms with van der Waals surface area (Å²) in [5.74, 6) is -0.108. The molecule has 0 atom stereocenters. The number of amides is 1. The standard InChI is InChI=1S/C14H19FN2O/c1-17(13(18)14(10-16)6-7-14)8-5-11-3-2-4-12(15)9-11/h2-4,9H,5-8,10,16H2,1H3. The predicted molar refractivity (Wildman–Crippen MR) is 68.5 cm³/mol. The van der Waals surface area contributed by atoms with E-state index in [4.69, 9.17) is 5.73 Å². The van der Waals surface area contributed by atoms with Crippen LogP contribution in [0.15, 0.2) is 24.3 Å². The van der Waals surface area contributed by atoms with Crippen LogP contribution in [0.4, 0.5) is 4.39 Å². The number of carbonyl (C=O) groups is 1. The van der Waals surface area contributed by atoms with Gasteiger partial charge >= 0.3 is 0 Å². The first-order valence-corrected chi connectivity index (χ1v) is 6.27. The van der Waals surface area contributed by atoms with E-state index in [1.807, 2.05) is 6.07 Å². The normalized spacial score (nSPS) is 16.4. The topological polar surface area (TPSA) is 46.3 Å². The summed E-state index contributed by atoms with van der Waals surface area (Å²) in [6, 6.07) is 6.49. The van der Waals surface area contributed by atoms with E-state index in [-0.39, 0.29) is 17.1 Å². The largest absolute Gasteiger partial charge is 0.345 e. The third-order valence-electron chi connectivity index (χ3n) is 3.67. The first-order chi connectivity index (χ1) is 8.57. The van der Waals surface area contributed by atoms with Gasteiger partial charge in [0, 0.05) is 20.1 Å². The van der Waals surface area contributed by atoms with Gasteiger partial charge in [0.2, 0.25) is 5.91 Å². The molecule has 1 aromatic rings. The Morgan fingerprint density at radius 2 is 2.22 bits per heavy atom. The zero-order chi connectivity index (χ0) is 13.2. The van der Waals surface area contributed by atoms with E-state index >= 15 is 0 Å². The molecular weight excluding hydrogens is 231 g/mol. The van der Waals surface area contributed by atoms with Gasteiger partial charge in [-0.05, 0) is 37.0 Å². The van der Waals surface area contributed by atoms with Gasteiger partial charge in [0.25, 0.3) is 0 Å². The van der Waals surface area contributed by atoms with Crippen molar-refractivity contribution in [1.29, 1.82) is 0 Å². The second-order valence-electron chi connectivity index (χ2n) is 5.09. The van der Waals surface area contributed by atoms with Crippen molar-refractivity contribution < 1.29 is 9.18 Å². The molecule has 1 aromatic carbocycles. The number of nitrogens with zero attached hydrogens (tertiary/aromatic N) is 1. The van der Waals surface area contributed by atoms with E-state index in [2.05, 4.69) is 0 Å². The number of nitrogens with two attached hydrogens (primary N) is 1. The Balaban J connectivity index is 1.88. The van der Waals surface area contributed by atoms with Gasteiger partial charge in [-0.2, -0.15) is 0 Å². The van der Waals surface area contributed by atoms with Crippen molar-refractivity contribution >= 4 is 5.91 Å². The highest BCUT2D eigenvalue weighted by Crippen LogP contribution is 2.45. The number of carbonyl (C=O) groups excluding carboxylic acids is 1. The minimum Gasteiger partial charge on any atom is -0.345 e. The maximum atomic E-state index is 13.0. The summed E-state index contributed by atoms with van der Waals surface area (Å²) in [7, 11) is 1.79. The average molecular weight is 250 g/mol. The molecule has 0 aliphatic heterocycles. The van der Waals surface area contributed by atoms with Crippen molar-refractivity contribution in [2.75, 3.05) is 20.1 Å². The monoisotopic (exact) mass is 250 g/mol. The van der Waals surface area contributed by atoms with Gasteiger partial charge in [-0.25, -0.2) is 4.39 Å². The molecule has 0 heterocycles. The van der Waals surface area contributed by atoms with Crippen LogP contribution in [0.2, 0.25) is 0 Å². The number of benzene rings is 1. The molecule has 0 spiro atoms. The van der Waals surface area contributed by atoms with Crippen molar-refractivity contribution in [3.63, 3.8) is 0 Å². The summed E-state index contributed by atoms with van der Waals surface area (Å²) < 4.78 is 13.0. The number of hydrogen-bond donors (Lipinski definition) is 1. The van der Waals surface area contributed by atoms with E-state index < -0.39 is 0 Å². The van der Waals surface area contributed by atoms with Crippen LogP contribution in [0.3, 0.4) is 0 Å².